The van der Waals surface area contributed by atoms with E-state index in [1.165, 1.54) is 37.3 Å². The van der Waals surface area contributed by atoms with Gasteiger partial charge in [0.1, 0.15) is 11.5 Å². The van der Waals surface area contributed by atoms with Gasteiger partial charge in [0.15, 0.2) is 4.34 Å². The van der Waals surface area contributed by atoms with E-state index in [0.717, 1.165) is 5.56 Å². The molecule has 10 heteroatoms. The third-order valence-corrected chi connectivity index (χ3v) is 5.91. The van der Waals surface area contributed by atoms with Gasteiger partial charge < -0.3 is 14.8 Å². The molecule has 0 unspecified atom stereocenters. The van der Waals surface area contributed by atoms with Crippen LogP contribution in [0.25, 0.3) is 0 Å². The van der Waals surface area contributed by atoms with Gasteiger partial charge in [0.05, 0.1) is 25.5 Å². The van der Waals surface area contributed by atoms with Gasteiger partial charge in [-0.25, -0.2) is 0 Å². The van der Waals surface area contributed by atoms with Gasteiger partial charge >= 0.3 is 0 Å². The lowest BCUT2D eigenvalue weighted by atomic mass is 10.2. The lowest BCUT2D eigenvalue weighted by Gasteiger charge is -2.09. The van der Waals surface area contributed by atoms with Crippen LogP contribution in [-0.4, -0.2) is 42.0 Å². The molecule has 1 aromatic heterocycles. The zero-order valence-electron chi connectivity index (χ0n) is 16.4. The minimum atomic E-state index is -0.372. The Morgan fingerprint density at radius 3 is 2.60 bits per heavy atom. The van der Waals surface area contributed by atoms with Crippen LogP contribution in [0.15, 0.2) is 52.9 Å². The number of aromatic nitrogens is 2. The Hall–Kier alpha value is -3.11. The smallest absolute Gasteiger partial charge is 0.261 e. The normalized spacial score (nSPS) is 10.3. The molecule has 0 radical (unpaired) electrons. The van der Waals surface area contributed by atoms with Crippen molar-refractivity contribution in [1.82, 2.24) is 15.5 Å². The van der Waals surface area contributed by atoms with E-state index >= 15 is 0 Å². The van der Waals surface area contributed by atoms with Gasteiger partial charge in [-0.05, 0) is 17.7 Å². The molecule has 1 heterocycles. The summed E-state index contributed by atoms with van der Waals surface area (Å²) in [6.07, 6.45) is 0. The van der Waals surface area contributed by atoms with Crippen LogP contribution in [0.2, 0.25) is 0 Å². The van der Waals surface area contributed by atoms with E-state index < -0.39 is 0 Å². The lowest BCUT2D eigenvalue weighted by Crippen LogP contribution is -2.24. The van der Waals surface area contributed by atoms with E-state index in [4.69, 9.17) is 9.47 Å². The number of hydrogen-bond donors (Lipinski definition) is 2. The Labute approximate surface area is 182 Å². The zero-order chi connectivity index (χ0) is 21.3. The van der Waals surface area contributed by atoms with E-state index in [-0.39, 0.29) is 17.6 Å². The van der Waals surface area contributed by atoms with Crippen LogP contribution in [0.1, 0.15) is 15.9 Å². The van der Waals surface area contributed by atoms with Crippen molar-refractivity contribution in [1.29, 1.82) is 0 Å². The van der Waals surface area contributed by atoms with E-state index in [1.54, 1.807) is 18.2 Å². The summed E-state index contributed by atoms with van der Waals surface area (Å²) in [4.78, 5) is 24.5. The van der Waals surface area contributed by atoms with Gasteiger partial charge in [-0.3, -0.25) is 14.9 Å². The fourth-order valence-corrected chi connectivity index (χ4v) is 4.02. The number of methoxy groups -OCH3 is 2. The number of thioether (sulfide) groups is 1. The molecule has 2 N–H and O–H groups in total. The molecule has 0 fully saturated rings. The molecular formula is C20H20N4O4S2. The first-order valence-electron chi connectivity index (χ1n) is 8.89. The second-order valence-corrected chi connectivity index (χ2v) is 8.14. The highest BCUT2D eigenvalue weighted by Crippen LogP contribution is 2.28. The molecule has 8 nitrogen and oxygen atoms in total. The van der Waals surface area contributed by atoms with Gasteiger partial charge in [0, 0.05) is 12.6 Å². The van der Waals surface area contributed by atoms with Crippen molar-refractivity contribution >= 4 is 40.0 Å². The average Bonchev–Trinajstić information content (AvgIpc) is 3.23. The van der Waals surface area contributed by atoms with Crippen molar-refractivity contribution in [2.45, 2.75) is 10.9 Å². The maximum Gasteiger partial charge on any atom is 0.261 e. The van der Waals surface area contributed by atoms with Crippen LogP contribution < -0.4 is 20.1 Å². The summed E-state index contributed by atoms with van der Waals surface area (Å²) in [5.41, 5.74) is 1.38. The molecule has 0 spiro atoms. The minimum Gasteiger partial charge on any atom is -0.497 e. The lowest BCUT2D eigenvalue weighted by molar-refractivity contribution is -0.118. The number of nitrogens with one attached hydrogen (secondary N) is 2. The van der Waals surface area contributed by atoms with Crippen molar-refractivity contribution in [3.63, 3.8) is 0 Å². The summed E-state index contributed by atoms with van der Waals surface area (Å²) < 4.78 is 11.0. The first-order valence-corrected chi connectivity index (χ1v) is 10.7. The molecule has 2 aromatic carbocycles. The van der Waals surface area contributed by atoms with Gasteiger partial charge in [-0.15, -0.1) is 10.2 Å². The molecule has 0 aliphatic rings. The van der Waals surface area contributed by atoms with Gasteiger partial charge in [0.25, 0.3) is 5.91 Å². The molecule has 3 rings (SSSR count). The molecule has 0 aliphatic heterocycles. The molecule has 0 saturated carbocycles. The molecule has 0 saturated heterocycles. The number of nitrogens with zero attached hydrogens (tertiary/aromatic N) is 2. The van der Waals surface area contributed by atoms with Crippen LogP contribution in [-0.2, 0) is 11.3 Å². The fourth-order valence-electron chi connectivity index (χ4n) is 2.44. The SMILES string of the molecule is COc1ccc(C(=O)Nc2nnc(SCC(=O)NCc3ccccc3)s2)c(OC)c1. The number of rotatable bonds is 9. The number of ether oxygens (including phenoxy) is 2. The van der Waals surface area contributed by atoms with E-state index in [9.17, 15) is 9.59 Å². The van der Waals surface area contributed by atoms with Crippen molar-refractivity contribution in [3.8, 4) is 11.5 Å². The highest BCUT2D eigenvalue weighted by molar-refractivity contribution is 8.01. The highest BCUT2D eigenvalue weighted by Gasteiger charge is 2.16. The summed E-state index contributed by atoms with van der Waals surface area (Å²) in [7, 11) is 3.02. The molecule has 0 aliphatic carbocycles. The quantitative estimate of drug-likeness (QED) is 0.386. The molecule has 156 valence electrons. The Morgan fingerprint density at radius 1 is 1.07 bits per heavy atom. The van der Waals surface area contributed by atoms with Gasteiger partial charge in [-0.1, -0.05) is 53.4 Å². The molecule has 3 aromatic rings. The second-order valence-electron chi connectivity index (χ2n) is 5.94. The third kappa shape index (κ3) is 5.94. The molecule has 30 heavy (non-hydrogen) atoms. The van der Waals surface area contributed by atoms with Crippen LogP contribution in [0.4, 0.5) is 5.13 Å². The first kappa shape index (κ1) is 21.6. The van der Waals surface area contributed by atoms with Crippen LogP contribution >= 0.6 is 23.1 Å². The zero-order valence-corrected chi connectivity index (χ0v) is 18.0. The maximum atomic E-state index is 12.5. The fraction of sp³-hybridized carbons (Fsp3) is 0.200. The van der Waals surface area contributed by atoms with Crippen molar-refractivity contribution in [3.05, 3.63) is 59.7 Å². The van der Waals surface area contributed by atoms with E-state index in [1.807, 2.05) is 30.3 Å². The minimum absolute atomic E-state index is 0.104. The van der Waals surface area contributed by atoms with Crippen LogP contribution in [0.3, 0.4) is 0 Å². The van der Waals surface area contributed by atoms with E-state index in [2.05, 4.69) is 20.8 Å². The predicted molar refractivity (Wildman–Crippen MR) is 116 cm³/mol. The molecule has 2 amide bonds. The standard InChI is InChI=1S/C20H20N4O4S2/c1-27-14-8-9-15(16(10-14)28-2)18(26)22-19-23-24-20(30-19)29-12-17(25)21-11-13-6-4-3-5-7-13/h3-10H,11-12H2,1-2H3,(H,21,25)(H,22,23,26). The number of carbonyl (C=O) groups is 2. The Bertz CT molecular complexity index is 1010. The Kier molecular flexibility index (Phi) is 7.63. The molecule has 0 atom stereocenters. The number of carbonyl (C=O) groups excluding carboxylic acids is 2. The number of benzene rings is 2. The van der Waals surface area contributed by atoms with Gasteiger partial charge in [0.2, 0.25) is 11.0 Å². The molecule has 0 bridgehead atoms. The highest BCUT2D eigenvalue weighted by atomic mass is 32.2. The summed E-state index contributed by atoms with van der Waals surface area (Å²) in [5.74, 6) is 0.710. The Morgan fingerprint density at radius 2 is 1.87 bits per heavy atom. The summed E-state index contributed by atoms with van der Waals surface area (Å²) in [6, 6.07) is 14.6. The summed E-state index contributed by atoms with van der Waals surface area (Å²) >= 11 is 2.46. The van der Waals surface area contributed by atoms with Crippen molar-refractivity contribution < 1.29 is 19.1 Å². The third-order valence-electron chi connectivity index (χ3n) is 3.94. The van der Waals surface area contributed by atoms with Crippen LogP contribution in [0, 0.1) is 0 Å². The van der Waals surface area contributed by atoms with Crippen LogP contribution in [0.5, 0.6) is 11.5 Å². The largest absolute Gasteiger partial charge is 0.497 e. The second kappa shape index (κ2) is 10.6. The summed E-state index contributed by atoms with van der Waals surface area (Å²) in [5, 5.41) is 13.9. The molecular weight excluding hydrogens is 424 g/mol. The van der Waals surface area contributed by atoms with Gasteiger partial charge in [-0.2, -0.15) is 0 Å². The van der Waals surface area contributed by atoms with E-state index in [0.29, 0.717) is 33.1 Å². The number of amides is 2. The number of anilines is 1. The predicted octanol–water partition coefficient (Wildman–Crippen LogP) is 3.22. The van der Waals surface area contributed by atoms with Crippen molar-refractivity contribution in [2.75, 3.05) is 25.3 Å². The average molecular weight is 445 g/mol. The summed E-state index contributed by atoms with van der Waals surface area (Å²) in [6.45, 7) is 0.474. The Balaban J connectivity index is 1.51. The topological polar surface area (TPSA) is 102 Å². The monoisotopic (exact) mass is 444 g/mol. The number of hydrogen-bond acceptors (Lipinski definition) is 8. The van der Waals surface area contributed by atoms with Crippen molar-refractivity contribution in [2.24, 2.45) is 0 Å². The maximum absolute atomic E-state index is 12.5. The first-order chi connectivity index (χ1) is 14.6.